The molecule has 1 aliphatic heterocycles. The van der Waals surface area contributed by atoms with Gasteiger partial charge in [-0.1, -0.05) is 29.8 Å². The van der Waals surface area contributed by atoms with Crippen molar-refractivity contribution in [2.24, 2.45) is 0 Å². The van der Waals surface area contributed by atoms with Crippen molar-refractivity contribution < 1.29 is 0 Å². The second kappa shape index (κ2) is 7.97. The fourth-order valence-electron chi connectivity index (χ4n) is 3.11. The van der Waals surface area contributed by atoms with Crippen molar-refractivity contribution in [1.29, 1.82) is 0 Å². The van der Waals surface area contributed by atoms with E-state index < -0.39 is 0 Å². The normalized spacial score (nSPS) is 15.9. The average Bonchev–Trinajstić information content (AvgIpc) is 3.01. The fraction of sp³-hybridized carbons (Fsp3) is 0.556. The largest absolute Gasteiger partial charge is 0.301 e. The second-order valence-electron chi connectivity index (χ2n) is 6.38. The Morgan fingerprint density at radius 3 is 2.52 bits per heavy atom. The maximum absolute atomic E-state index is 4.33. The summed E-state index contributed by atoms with van der Waals surface area (Å²) in [4.78, 5) is 3.91. The van der Waals surface area contributed by atoms with E-state index in [9.17, 15) is 0 Å². The molecule has 0 unspecified atom stereocenters. The van der Waals surface area contributed by atoms with Crippen LogP contribution in [-0.4, -0.2) is 39.5 Å². The number of thioether (sulfide) groups is 1. The number of aryl methyl sites for hydroxylation is 2. The highest BCUT2D eigenvalue weighted by atomic mass is 32.2. The predicted octanol–water partition coefficient (Wildman–Crippen LogP) is 3.67. The molecule has 0 bridgehead atoms. The molecule has 1 saturated heterocycles. The third kappa shape index (κ3) is 4.58. The van der Waals surface area contributed by atoms with Gasteiger partial charge in [0, 0.05) is 23.4 Å². The summed E-state index contributed by atoms with van der Waals surface area (Å²) in [6, 6.07) is 6.46. The maximum Gasteiger partial charge on any atom is 0.0929 e. The van der Waals surface area contributed by atoms with E-state index in [-0.39, 0.29) is 0 Å². The van der Waals surface area contributed by atoms with Gasteiger partial charge in [0.15, 0.2) is 0 Å². The first kappa shape index (κ1) is 16.5. The third-order valence-corrected chi connectivity index (χ3v) is 5.83. The standard InChI is InChI=1S/C18H26N4S/c1-15-7-6-8-16(2)18(15)23-14-17-13-22(20-19-17)12-11-21-9-4-3-5-10-21/h6-8,13H,3-5,9-12,14H2,1-2H3. The van der Waals surface area contributed by atoms with Gasteiger partial charge in [0.05, 0.1) is 12.2 Å². The minimum Gasteiger partial charge on any atom is -0.301 e. The number of aromatic nitrogens is 3. The molecule has 23 heavy (non-hydrogen) atoms. The minimum atomic E-state index is 0.884. The lowest BCUT2D eigenvalue weighted by atomic mass is 10.1. The molecule has 2 aromatic rings. The van der Waals surface area contributed by atoms with E-state index in [1.54, 1.807) is 0 Å². The number of piperidine rings is 1. The van der Waals surface area contributed by atoms with Gasteiger partial charge in [-0.3, -0.25) is 4.68 Å². The molecule has 0 amide bonds. The van der Waals surface area contributed by atoms with Crippen LogP contribution >= 0.6 is 11.8 Å². The Morgan fingerprint density at radius 1 is 1.04 bits per heavy atom. The fourth-order valence-corrected chi connectivity index (χ4v) is 4.13. The van der Waals surface area contributed by atoms with Gasteiger partial charge in [-0.25, -0.2) is 0 Å². The lowest BCUT2D eigenvalue weighted by Crippen LogP contribution is -2.32. The molecule has 3 rings (SSSR count). The zero-order chi connectivity index (χ0) is 16.1. The Labute approximate surface area is 143 Å². The van der Waals surface area contributed by atoms with E-state index in [1.807, 2.05) is 16.4 Å². The molecule has 2 heterocycles. The highest BCUT2D eigenvalue weighted by molar-refractivity contribution is 7.98. The molecule has 124 valence electrons. The molecule has 0 atom stereocenters. The lowest BCUT2D eigenvalue weighted by molar-refractivity contribution is 0.217. The molecule has 0 aliphatic carbocycles. The summed E-state index contributed by atoms with van der Waals surface area (Å²) in [5.41, 5.74) is 3.75. The maximum atomic E-state index is 4.33. The third-order valence-electron chi connectivity index (χ3n) is 4.45. The first-order chi connectivity index (χ1) is 11.2. The van der Waals surface area contributed by atoms with Crippen molar-refractivity contribution in [3.05, 3.63) is 41.2 Å². The molecule has 4 nitrogen and oxygen atoms in total. The summed E-state index contributed by atoms with van der Waals surface area (Å²) in [5.74, 6) is 0.884. The molecule has 0 saturated carbocycles. The van der Waals surface area contributed by atoms with Gasteiger partial charge in [-0.15, -0.1) is 16.9 Å². The Balaban J connectivity index is 1.51. The molecule has 1 aliphatic rings. The molecule has 0 N–H and O–H groups in total. The van der Waals surface area contributed by atoms with Crippen LogP contribution in [0.4, 0.5) is 0 Å². The zero-order valence-electron chi connectivity index (χ0n) is 14.2. The van der Waals surface area contributed by atoms with Crippen molar-refractivity contribution in [2.75, 3.05) is 19.6 Å². The van der Waals surface area contributed by atoms with E-state index >= 15 is 0 Å². The van der Waals surface area contributed by atoms with Crippen molar-refractivity contribution in [3.8, 4) is 0 Å². The monoisotopic (exact) mass is 330 g/mol. The van der Waals surface area contributed by atoms with Gasteiger partial charge >= 0.3 is 0 Å². The van der Waals surface area contributed by atoms with Crippen LogP contribution in [0.1, 0.15) is 36.1 Å². The van der Waals surface area contributed by atoms with Gasteiger partial charge in [0.2, 0.25) is 0 Å². The van der Waals surface area contributed by atoms with Crippen LogP contribution in [0, 0.1) is 13.8 Å². The zero-order valence-corrected chi connectivity index (χ0v) is 15.0. The summed E-state index contributed by atoms with van der Waals surface area (Å²) in [7, 11) is 0. The molecular weight excluding hydrogens is 304 g/mol. The van der Waals surface area contributed by atoms with Crippen LogP contribution in [0.3, 0.4) is 0 Å². The van der Waals surface area contributed by atoms with Gasteiger partial charge in [0.25, 0.3) is 0 Å². The summed E-state index contributed by atoms with van der Waals surface area (Å²) in [6.07, 6.45) is 6.17. The van der Waals surface area contributed by atoms with Gasteiger partial charge in [-0.05, 0) is 50.9 Å². The number of hydrogen-bond acceptors (Lipinski definition) is 4. The number of benzene rings is 1. The van der Waals surface area contributed by atoms with Crippen LogP contribution in [0.5, 0.6) is 0 Å². The summed E-state index contributed by atoms with van der Waals surface area (Å²) in [5, 5.41) is 8.61. The van der Waals surface area contributed by atoms with Gasteiger partial charge < -0.3 is 4.90 Å². The first-order valence-electron chi connectivity index (χ1n) is 8.53. The molecule has 0 spiro atoms. The molecule has 1 aromatic carbocycles. The highest BCUT2D eigenvalue weighted by Gasteiger charge is 2.10. The quantitative estimate of drug-likeness (QED) is 0.757. The van der Waals surface area contributed by atoms with E-state index in [1.165, 1.54) is 48.4 Å². The smallest absolute Gasteiger partial charge is 0.0929 e. The van der Waals surface area contributed by atoms with Gasteiger partial charge in [0.1, 0.15) is 0 Å². The van der Waals surface area contributed by atoms with Crippen molar-refractivity contribution in [3.63, 3.8) is 0 Å². The second-order valence-corrected chi connectivity index (χ2v) is 7.37. The van der Waals surface area contributed by atoms with Crippen LogP contribution in [0.15, 0.2) is 29.3 Å². The van der Waals surface area contributed by atoms with Crippen molar-refractivity contribution in [1.82, 2.24) is 19.9 Å². The van der Waals surface area contributed by atoms with E-state index in [2.05, 4.69) is 53.5 Å². The number of likely N-dealkylation sites (tertiary alicyclic amines) is 1. The summed E-state index contributed by atoms with van der Waals surface area (Å²) < 4.78 is 2.00. The molecule has 1 fully saturated rings. The number of rotatable bonds is 6. The lowest BCUT2D eigenvalue weighted by Gasteiger charge is -2.25. The molecule has 0 radical (unpaired) electrons. The Hall–Kier alpha value is -1.33. The average molecular weight is 331 g/mol. The van der Waals surface area contributed by atoms with Crippen LogP contribution in [0.25, 0.3) is 0 Å². The van der Waals surface area contributed by atoms with E-state index in [4.69, 9.17) is 0 Å². The van der Waals surface area contributed by atoms with Crippen LogP contribution in [0.2, 0.25) is 0 Å². The summed E-state index contributed by atoms with van der Waals surface area (Å²) in [6.45, 7) is 8.86. The Kier molecular flexibility index (Phi) is 5.73. The first-order valence-corrected chi connectivity index (χ1v) is 9.51. The van der Waals surface area contributed by atoms with Gasteiger partial charge in [-0.2, -0.15) is 0 Å². The number of hydrogen-bond donors (Lipinski definition) is 0. The SMILES string of the molecule is Cc1cccc(C)c1SCc1cn(CCN2CCCCC2)nn1. The van der Waals surface area contributed by atoms with Crippen LogP contribution < -0.4 is 0 Å². The van der Waals surface area contributed by atoms with Crippen molar-refractivity contribution in [2.45, 2.75) is 50.3 Å². The Morgan fingerprint density at radius 2 is 1.78 bits per heavy atom. The van der Waals surface area contributed by atoms with Crippen molar-refractivity contribution >= 4 is 11.8 Å². The van der Waals surface area contributed by atoms with Crippen LogP contribution in [-0.2, 0) is 12.3 Å². The highest BCUT2D eigenvalue weighted by Crippen LogP contribution is 2.28. The predicted molar refractivity (Wildman–Crippen MR) is 95.8 cm³/mol. The van der Waals surface area contributed by atoms with E-state index in [0.29, 0.717) is 0 Å². The Bertz CT molecular complexity index is 611. The topological polar surface area (TPSA) is 34.0 Å². The minimum absolute atomic E-state index is 0.884. The summed E-state index contributed by atoms with van der Waals surface area (Å²) >= 11 is 1.86. The van der Waals surface area contributed by atoms with E-state index in [0.717, 1.165) is 24.5 Å². The number of nitrogens with zero attached hydrogens (tertiary/aromatic N) is 4. The molecule has 1 aromatic heterocycles. The molecule has 5 heteroatoms. The molecular formula is C18H26N4S.